The molecule has 0 radical (unpaired) electrons. The Bertz CT molecular complexity index is 957. The molecule has 1 heterocycles. The molecule has 122 valence electrons. The minimum absolute atomic E-state index is 0.274. The maximum atomic E-state index is 11.8. The Balaban J connectivity index is 1.66. The third-order valence-electron chi connectivity index (χ3n) is 4.44. The zero-order valence-electron chi connectivity index (χ0n) is 13.3. The summed E-state index contributed by atoms with van der Waals surface area (Å²) in [6.07, 6.45) is 5.11. The molecule has 0 spiro atoms. The Morgan fingerprint density at radius 1 is 1.12 bits per heavy atom. The first-order valence-electron chi connectivity index (χ1n) is 7.82. The molecule has 0 bridgehead atoms. The number of nitrogen functional groups attached to an aromatic ring is 1. The third kappa shape index (κ3) is 2.73. The van der Waals surface area contributed by atoms with Crippen molar-refractivity contribution in [1.29, 1.82) is 0 Å². The number of benzene rings is 2. The highest BCUT2D eigenvalue weighted by molar-refractivity contribution is 7.84. The Kier molecular flexibility index (Phi) is 3.69. The molecule has 0 amide bonds. The largest absolute Gasteiger partial charge is 0.399 e. The molecule has 24 heavy (non-hydrogen) atoms. The van der Waals surface area contributed by atoms with E-state index in [-0.39, 0.29) is 6.04 Å². The number of fused-ring (bicyclic) bond motifs is 2. The van der Waals surface area contributed by atoms with E-state index >= 15 is 0 Å². The van der Waals surface area contributed by atoms with Gasteiger partial charge in [-0.15, -0.1) is 0 Å². The van der Waals surface area contributed by atoms with Crippen LogP contribution in [0, 0.1) is 0 Å². The fourth-order valence-corrected chi connectivity index (χ4v) is 3.81. The molecule has 0 aliphatic heterocycles. The van der Waals surface area contributed by atoms with Crippen LogP contribution in [0.2, 0.25) is 0 Å². The van der Waals surface area contributed by atoms with Crippen LogP contribution in [-0.4, -0.2) is 26.5 Å². The van der Waals surface area contributed by atoms with Gasteiger partial charge in [-0.25, -0.2) is 9.97 Å². The van der Waals surface area contributed by atoms with E-state index in [9.17, 15) is 4.21 Å². The monoisotopic (exact) mass is 338 g/mol. The third-order valence-corrected chi connectivity index (χ3v) is 5.36. The van der Waals surface area contributed by atoms with Crippen molar-refractivity contribution in [3.8, 4) is 0 Å². The maximum absolute atomic E-state index is 11.8. The van der Waals surface area contributed by atoms with Crippen LogP contribution in [0.25, 0.3) is 10.9 Å². The van der Waals surface area contributed by atoms with Gasteiger partial charge in [0.2, 0.25) is 0 Å². The molecule has 3 aromatic rings. The summed E-state index contributed by atoms with van der Waals surface area (Å²) in [4.78, 5) is 9.49. The smallest absolute Gasteiger partial charge is 0.137 e. The summed E-state index contributed by atoms with van der Waals surface area (Å²) in [5, 5.41) is 4.43. The molecule has 2 unspecified atom stereocenters. The van der Waals surface area contributed by atoms with Crippen LogP contribution in [0.1, 0.15) is 11.1 Å². The molecule has 3 N–H and O–H groups in total. The molecule has 2 atom stereocenters. The second-order valence-corrected chi connectivity index (χ2v) is 7.51. The lowest BCUT2D eigenvalue weighted by atomic mass is 10.1. The van der Waals surface area contributed by atoms with Gasteiger partial charge in [-0.2, -0.15) is 0 Å². The lowest BCUT2D eigenvalue weighted by Crippen LogP contribution is -2.20. The molecule has 6 heteroatoms. The molecule has 0 saturated heterocycles. The van der Waals surface area contributed by atoms with E-state index in [0.717, 1.165) is 40.1 Å². The molecule has 0 fully saturated rings. The van der Waals surface area contributed by atoms with Gasteiger partial charge in [0, 0.05) is 39.1 Å². The fraction of sp³-hybridized carbons (Fsp3) is 0.222. The lowest BCUT2D eigenvalue weighted by molar-refractivity contribution is 0.687. The van der Waals surface area contributed by atoms with Gasteiger partial charge in [0.05, 0.1) is 5.52 Å². The highest BCUT2D eigenvalue weighted by Crippen LogP contribution is 2.28. The van der Waals surface area contributed by atoms with Crippen molar-refractivity contribution in [1.82, 2.24) is 9.97 Å². The molecule has 2 aromatic carbocycles. The van der Waals surface area contributed by atoms with Crippen LogP contribution in [0.4, 0.5) is 11.5 Å². The average molecular weight is 338 g/mol. The first kappa shape index (κ1) is 15.1. The number of anilines is 2. The topological polar surface area (TPSA) is 80.9 Å². The molecular weight excluding hydrogens is 320 g/mol. The molecule has 0 saturated carbocycles. The Morgan fingerprint density at radius 3 is 2.79 bits per heavy atom. The van der Waals surface area contributed by atoms with Crippen LogP contribution in [0.3, 0.4) is 0 Å². The average Bonchev–Trinajstić information content (AvgIpc) is 2.96. The standard InChI is InChI=1S/C18H18N4OS/c1-24(23)15-4-5-17-16(9-15)18(21-10-20-17)22-14-7-11-2-3-13(19)6-12(11)8-14/h2-6,9-10,14H,7-8,19H2,1H3,(H,20,21,22). The van der Waals surface area contributed by atoms with Gasteiger partial charge in [0.15, 0.2) is 0 Å². The van der Waals surface area contributed by atoms with Crippen LogP contribution in [-0.2, 0) is 23.6 Å². The van der Waals surface area contributed by atoms with Crippen molar-refractivity contribution >= 4 is 33.2 Å². The number of hydrogen-bond acceptors (Lipinski definition) is 5. The number of aromatic nitrogens is 2. The predicted molar refractivity (Wildman–Crippen MR) is 97.5 cm³/mol. The minimum Gasteiger partial charge on any atom is -0.399 e. The van der Waals surface area contributed by atoms with Crippen molar-refractivity contribution in [2.45, 2.75) is 23.8 Å². The highest BCUT2D eigenvalue weighted by Gasteiger charge is 2.22. The van der Waals surface area contributed by atoms with Gasteiger partial charge in [-0.05, 0) is 54.3 Å². The molecule has 1 aliphatic rings. The number of nitrogens with two attached hydrogens (primary N) is 1. The summed E-state index contributed by atoms with van der Waals surface area (Å²) in [7, 11) is -1.03. The quantitative estimate of drug-likeness (QED) is 0.717. The lowest BCUT2D eigenvalue weighted by Gasteiger charge is -2.14. The first-order valence-corrected chi connectivity index (χ1v) is 9.38. The number of nitrogens with zero attached hydrogens (tertiary/aromatic N) is 2. The van der Waals surface area contributed by atoms with Gasteiger partial charge in [-0.1, -0.05) is 6.07 Å². The zero-order chi connectivity index (χ0) is 16.7. The van der Waals surface area contributed by atoms with E-state index in [0.29, 0.717) is 0 Å². The van der Waals surface area contributed by atoms with Crippen LogP contribution in [0.15, 0.2) is 47.6 Å². The number of nitrogens with one attached hydrogen (secondary N) is 1. The van der Waals surface area contributed by atoms with Gasteiger partial charge in [0.25, 0.3) is 0 Å². The molecular formula is C18H18N4OS. The van der Waals surface area contributed by atoms with Crippen molar-refractivity contribution in [2.75, 3.05) is 17.3 Å². The van der Waals surface area contributed by atoms with E-state index in [2.05, 4.69) is 21.4 Å². The summed E-state index contributed by atoms with van der Waals surface area (Å²) in [6, 6.07) is 12.0. The molecule has 1 aliphatic carbocycles. The van der Waals surface area contributed by atoms with Crippen LogP contribution >= 0.6 is 0 Å². The minimum atomic E-state index is -1.03. The number of hydrogen-bond donors (Lipinski definition) is 2. The molecule has 4 rings (SSSR count). The Hall–Kier alpha value is -2.47. The second kappa shape index (κ2) is 5.87. The Labute approximate surface area is 142 Å². The van der Waals surface area contributed by atoms with Crippen molar-refractivity contribution in [2.24, 2.45) is 0 Å². The van der Waals surface area contributed by atoms with E-state index in [1.807, 2.05) is 30.3 Å². The summed E-state index contributed by atoms with van der Waals surface area (Å²) in [5.74, 6) is 0.790. The van der Waals surface area contributed by atoms with Gasteiger partial charge < -0.3 is 11.1 Å². The van der Waals surface area contributed by atoms with Gasteiger partial charge >= 0.3 is 0 Å². The van der Waals surface area contributed by atoms with E-state index in [1.54, 1.807) is 12.6 Å². The van der Waals surface area contributed by atoms with Crippen LogP contribution < -0.4 is 11.1 Å². The summed E-state index contributed by atoms with van der Waals surface area (Å²) in [6.45, 7) is 0. The predicted octanol–water partition coefficient (Wildman–Crippen LogP) is 2.53. The Morgan fingerprint density at radius 2 is 1.96 bits per heavy atom. The van der Waals surface area contributed by atoms with E-state index in [1.165, 1.54) is 11.1 Å². The SMILES string of the molecule is CS(=O)c1ccc2ncnc(NC3Cc4ccc(N)cc4C3)c2c1. The van der Waals surface area contributed by atoms with Crippen molar-refractivity contribution in [3.63, 3.8) is 0 Å². The second-order valence-electron chi connectivity index (χ2n) is 6.13. The van der Waals surface area contributed by atoms with E-state index in [4.69, 9.17) is 5.73 Å². The van der Waals surface area contributed by atoms with Crippen LogP contribution in [0.5, 0.6) is 0 Å². The maximum Gasteiger partial charge on any atom is 0.137 e. The number of rotatable bonds is 3. The highest BCUT2D eigenvalue weighted by atomic mass is 32.2. The van der Waals surface area contributed by atoms with Gasteiger partial charge in [-0.3, -0.25) is 4.21 Å². The fourth-order valence-electron chi connectivity index (χ4n) is 3.26. The normalized spacial score (nSPS) is 17.6. The summed E-state index contributed by atoms with van der Waals surface area (Å²) in [5.41, 5.74) is 10.2. The van der Waals surface area contributed by atoms with E-state index < -0.39 is 10.8 Å². The zero-order valence-corrected chi connectivity index (χ0v) is 14.1. The molecule has 5 nitrogen and oxygen atoms in total. The summed E-state index contributed by atoms with van der Waals surface area (Å²) >= 11 is 0. The van der Waals surface area contributed by atoms with Crippen molar-refractivity contribution in [3.05, 3.63) is 53.9 Å². The summed E-state index contributed by atoms with van der Waals surface area (Å²) < 4.78 is 11.8. The molecule has 1 aromatic heterocycles. The van der Waals surface area contributed by atoms with Crippen molar-refractivity contribution < 1.29 is 4.21 Å². The van der Waals surface area contributed by atoms with Gasteiger partial charge in [0.1, 0.15) is 12.1 Å². The first-order chi connectivity index (χ1) is 11.6.